The minimum absolute atomic E-state index is 0.0549. The lowest BCUT2D eigenvalue weighted by molar-refractivity contribution is -0.145. The molecule has 0 aliphatic rings. The van der Waals surface area contributed by atoms with Gasteiger partial charge in [-0.05, 0) is 57.2 Å². The van der Waals surface area contributed by atoms with Gasteiger partial charge in [0.2, 0.25) is 5.91 Å². The Bertz CT molecular complexity index is 640. The molecule has 1 N–H and O–H groups in total. The second-order valence-electron chi connectivity index (χ2n) is 6.65. The third-order valence-electron chi connectivity index (χ3n) is 3.85. The molecule has 1 atom stereocenters. The van der Waals surface area contributed by atoms with Crippen molar-refractivity contribution in [2.24, 2.45) is 5.92 Å². The third-order valence-corrected chi connectivity index (χ3v) is 4.58. The number of hydrogen-bond acceptors (Lipinski definition) is 3. The van der Waals surface area contributed by atoms with Gasteiger partial charge in [-0.2, -0.15) is 0 Å². The van der Waals surface area contributed by atoms with Crippen LogP contribution in [0.3, 0.4) is 0 Å². The van der Waals surface area contributed by atoms with E-state index in [1.165, 1.54) is 5.57 Å². The van der Waals surface area contributed by atoms with Gasteiger partial charge in [-0.1, -0.05) is 41.8 Å². The van der Waals surface area contributed by atoms with Gasteiger partial charge in [0.25, 0.3) is 0 Å². The lowest BCUT2D eigenvalue weighted by atomic mass is 10.0. The van der Waals surface area contributed by atoms with Crippen molar-refractivity contribution in [3.63, 3.8) is 0 Å². The topological polar surface area (TPSA) is 55.4 Å². The molecule has 4 nitrogen and oxygen atoms in total. The summed E-state index contributed by atoms with van der Waals surface area (Å²) in [6.07, 6.45) is 5.29. The summed E-state index contributed by atoms with van der Waals surface area (Å²) in [5, 5.41) is 3.46. The molecule has 0 fully saturated rings. The molecule has 144 valence electrons. The fourth-order valence-corrected chi connectivity index (χ4v) is 2.56. The lowest BCUT2D eigenvalue weighted by Gasteiger charge is -2.11. The van der Waals surface area contributed by atoms with Gasteiger partial charge in [0.15, 0.2) is 0 Å². The Kier molecular flexibility index (Phi) is 10.4. The van der Waals surface area contributed by atoms with Crippen LogP contribution in [0.25, 0.3) is 0 Å². The van der Waals surface area contributed by atoms with Gasteiger partial charge < -0.3 is 10.1 Å². The molecule has 0 aromatic heterocycles. The molecule has 1 aromatic rings. The van der Waals surface area contributed by atoms with E-state index in [0.29, 0.717) is 28.3 Å². The maximum Gasteiger partial charge on any atom is 0.306 e. The average molecular weight is 400 g/mol. The molecule has 0 spiro atoms. The van der Waals surface area contributed by atoms with Gasteiger partial charge in [0, 0.05) is 12.1 Å². The molecule has 0 saturated carbocycles. The van der Waals surface area contributed by atoms with E-state index in [-0.39, 0.29) is 24.7 Å². The van der Waals surface area contributed by atoms with Crippen LogP contribution in [0.15, 0.2) is 29.8 Å². The van der Waals surface area contributed by atoms with Gasteiger partial charge in [-0.3, -0.25) is 9.59 Å². The summed E-state index contributed by atoms with van der Waals surface area (Å²) in [6.45, 7) is 6.72. The minimum atomic E-state index is -0.356. The number of rotatable bonds is 10. The summed E-state index contributed by atoms with van der Waals surface area (Å²) in [4.78, 5) is 23.6. The van der Waals surface area contributed by atoms with E-state index < -0.39 is 0 Å². The highest BCUT2D eigenvalue weighted by atomic mass is 35.5. The zero-order chi connectivity index (χ0) is 19.5. The summed E-state index contributed by atoms with van der Waals surface area (Å²) in [5.41, 5.74) is 1.87. The second kappa shape index (κ2) is 12.0. The molecule has 1 rings (SSSR count). The Morgan fingerprint density at radius 3 is 2.54 bits per heavy atom. The van der Waals surface area contributed by atoms with Gasteiger partial charge >= 0.3 is 5.97 Å². The first-order valence-electron chi connectivity index (χ1n) is 8.81. The SMILES string of the molecule is CC(C)=CCC[C@H](C)CCOC(=O)CCC(=O)Nc1ccc(Cl)c(Cl)c1. The van der Waals surface area contributed by atoms with Gasteiger partial charge in [-0.15, -0.1) is 0 Å². The largest absolute Gasteiger partial charge is 0.466 e. The molecular formula is C20H27Cl2NO3. The van der Waals surface area contributed by atoms with Crippen LogP contribution in [0.4, 0.5) is 5.69 Å². The van der Waals surface area contributed by atoms with Crippen LogP contribution in [0.2, 0.25) is 10.0 Å². The maximum atomic E-state index is 11.9. The molecule has 1 amide bonds. The monoisotopic (exact) mass is 399 g/mol. The Morgan fingerprint density at radius 2 is 1.88 bits per heavy atom. The molecule has 0 heterocycles. The highest BCUT2D eigenvalue weighted by Crippen LogP contribution is 2.25. The van der Waals surface area contributed by atoms with Crippen LogP contribution in [-0.2, 0) is 14.3 Å². The first kappa shape index (κ1) is 22.5. The fraction of sp³-hybridized carbons (Fsp3) is 0.500. The van der Waals surface area contributed by atoms with Crippen molar-refractivity contribution >= 4 is 40.8 Å². The molecule has 0 aliphatic heterocycles. The molecule has 0 bridgehead atoms. The van der Waals surface area contributed by atoms with E-state index in [9.17, 15) is 9.59 Å². The van der Waals surface area contributed by atoms with Crippen molar-refractivity contribution in [3.05, 3.63) is 39.9 Å². The molecule has 0 saturated heterocycles. The third kappa shape index (κ3) is 9.83. The van der Waals surface area contributed by atoms with Crippen molar-refractivity contribution in [1.29, 1.82) is 0 Å². The average Bonchev–Trinajstić information content (AvgIpc) is 2.56. The van der Waals surface area contributed by atoms with Crippen molar-refractivity contribution in [1.82, 2.24) is 0 Å². The predicted molar refractivity (Wildman–Crippen MR) is 108 cm³/mol. The number of halogens is 2. The number of nitrogens with one attached hydrogen (secondary N) is 1. The maximum absolute atomic E-state index is 11.9. The molecular weight excluding hydrogens is 373 g/mol. The number of ether oxygens (including phenoxy) is 1. The van der Waals surface area contributed by atoms with Crippen LogP contribution in [-0.4, -0.2) is 18.5 Å². The van der Waals surface area contributed by atoms with Gasteiger partial charge in [0.05, 0.1) is 23.1 Å². The second-order valence-corrected chi connectivity index (χ2v) is 7.46. The highest BCUT2D eigenvalue weighted by molar-refractivity contribution is 6.42. The Labute approximate surface area is 165 Å². The van der Waals surface area contributed by atoms with E-state index >= 15 is 0 Å². The fourth-order valence-electron chi connectivity index (χ4n) is 2.26. The summed E-state index contributed by atoms with van der Waals surface area (Å²) in [6, 6.07) is 4.82. The summed E-state index contributed by atoms with van der Waals surface area (Å²) in [7, 11) is 0. The van der Waals surface area contributed by atoms with Crippen LogP contribution in [0.1, 0.15) is 52.9 Å². The standard InChI is InChI=1S/C20H27Cl2NO3/c1-14(2)5-4-6-15(3)11-12-26-20(25)10-9-19(24)23-16-7-8-17(21)18(22)13-16/h5,7-8,13,15H,4,6,9-12H2,1-3H3,(H,23,24)/t15-/m0/s1. The first-order valence-corrected chi connectivity index (χ1v) is 9.57. The van der Waals surface area contributed by atoms with Crippen molar-refractivity contribution in [3.8, 4) is 0 Å². The van der Waals surface area contributed by atoms with Crippen molar-refractivity contribution in [2.75, 3.05) is 11.9 Å². The summed E-state index contributed by atoms with van der Waals surface area (Å²) in [5.74, 6) is -0.127. The quantitative estimate of drug-likeness (QED) is 0.386. The van der Waals surface area contributed by atoms with Crippen LogP contribution in [0, 0.1) is 5.92 Å². The number of hydrogen-bond donors (Lipinski definition) is 1. The van der Waals surface area contributed by atoms with E-state index in [1.807, 2.05) is 0 Å². The molecule has 26 heavy (non-hydrogen) atoms. The molecule has 0 unspecified atom stereocenters. The normalized spacial score (nSPS) is 11.6. The number of allylic oxidation sites excluding steroid dienone is 2. The van der Waals surface area contributed by atoms with Gasteiger partial charge in [-0.25, -0.2) is 0 Å². The van der Waals surface area contributed by atoms with Crippen LogP contribution >= 0.6 is 23.2 Å². The zero-order valence-corrected chi connectivity index (χ0v) is 17.1. The number of amides is 1. The van der Waals surface area contributed by atoms with Crippen molar-refractivity contribution < 1.29 is 14.3 Å². The Balaban J connectivity index is 2.20. The molecule has 0 aliphatic carbocycles. The van der Waals surface area contributed by atoms with Crippen LogP contribution < -0.4 is 5.32 Å². The van der Waals surface area contributed by atoms with Gasteiger partial charge in [0.1, 0.15) is 0 Å². The number of anilines is 1. The predicted octanol–water partition coefficient (Wildman–Crippen LogP) is 6.03. The number of benzene rings is 1. The first-order chi connectivity index (χ1) is 12.3. The van der Waals surface area contributed by atoms with E-state index in [0.717, 1.165) is 19.3 Å². The highest BCUT2D eigenvalue weighted by Gasteiger charge is 2.10. The number of carbonyl (C=O) groups excluding carboxylic acids is 2. The molecule has 0 radical (unpaired) electrons. The van der Waals surface area contributed by atoms with E-state index in [4.69, 9.17) is 27.9 Å². The smallest absolute Gasteiger partial charge is 0.306 e. The number of carbonyl (C=O) groups is 2. The molecule has 1 aromatic carbocycles. The van der Waals surface area contributed by atoms with Crippen molar-refractivity contribution in [2.45, 2.75) is 52.9 Å². The Hall–Kier alpha value is -1.52. The Morgan fingerprint density at radius 1 is 1.15 bits per heavy atom. The molecule has 6 heteroatoms. The van der Waals surface area contributed by atoms with E-state index in [2.05, 4.69) is 32.2 Å². The number of esters is 1. The lowest BCUT2D eigenvalue weighted by Crippen LogP contribution is -2.15. The van der Waals surface area contributed by atoms with E-state index in [1.54, 1.807) is 18.2 Å². The van der Waals surface area contributed by atoms with Crippen LogP contribution in [0.5, 0.6) is 0 Å². The minimum Gasteiger partial charge on any atom is -0.466 e. The summed E-state index contributed by atoms with van der Waals surface area (Å²) < 4.78 is 5.20. The summed E-state index contributed by atoms with van der Waals surface area (Å²) >= 11 is 11.7. The zero-order valence-electron chi connectivity index (χ0n) is 15.6.